The number of benzene rings is 1. The fourth-order valence-corrected chi connectivity index (χ4v) is 4.47. The van der Waals surface area contributed by atoms with Gasteiger partial charge in [-0.3, -0.25) is 9.59 Å². The predicted octanol–water partition coefficient (Wildman–Crippen LogP) is 2.86. The Morgan fingerprint density at radius 3 is 2.42 bits per heavy atom. The van der Waals surface area contributed by atoms with Crippen molar-refractivity contribution in [3.8, 4) is 11.6 Å². The number of halogens is 1. The van der Waals surface area contributed by atoms with Crippen molar-refractivity contribution >= 4 is 5.91 Å². The van der Waals surface area contributed by atoms with Gasteiger partial charge in [0.2, 0.25) is 11.3 Å². The number of likely N-dealkylation sites (tertiary alicyclic amines) is 2. The second-order valence-corrected chi connectivity index (χ2v) is 8.14. The summed E-state index contributed by atoms with van der Waals surface area (Å²) in [6.45, 7) is 5.64. The second kappa shape index (κ2) is 9.60. The number of carbonyl (C=O) groups is 1. The van der Waals surface area contributed by atoms with Gasteiger partial charge in [0.15, 0.2) is 5.69 Å². The average Bonchev–Trinajstić information content (AvgIpc) is 2.80. The van der Waals surface area contributed by atoms with Crippen molar-refractivity contribution < 1.29 is 13.9 Å². The van der Waals surface area contributed by atoms with Gasteiger partial charge in [-0.05, 0) is 70.0 Å². The van der Waals surface area contributed by atoms with Crippen LogP contribution in [0.1, 0.15) is 49.5 Å². The van der Waals surface area contributed by atoms with Gasteiger partial charge < -0.3 is 14.5 Å². The average molecular weight is 429 g/mol. The quantitative estimate of drug-likeness (QED) is 0.733. The zero-order valence-corrected chi connectivity index (χ0v) is 17.9. The van der Waals surface area contributed by atoms with E-state index in [4.69, 9.17) is 4.74 Å². The van der Waals surface area contributed by atoms with Gasteiger partial charge in [-0.25, -0.2) is 9.07 Å². The van der Waals surface area contributed by atoms with Crippen LogP contribution >= 0.6 is 0 Å². The van der Waals surface area contributed by atoms with Crippen LogP contribution in [0, 0.1) is 5.82 Å². The van der Waals surface area contributed by atoms with Crippen molar-refractivity contribution in [2.24, 2.45) is 0 Å². The minimum atomic E-state index is -0.468. The third-order valence-corrected chi connectivity index (χ3v) is 6.12. The summed E-state index contributed by atoms with van der Waals surface area (Å²) in [7, 11) is 0. The van der Waals surface area contributed by atoms with Gasteiger partial charge in [0.05, 0.1) is 18.4 Å². The standard InChI is InChI=1S/C23H29FN4O3/c1-2-31-21-16-20(29)22(25-28(21)19-8-6-17(24)7-9-19)23(30)27-14-10-18(11-15-27)26-12-4-3-5-13-26/h6-9,16,18H,2-5,10-15H2,1H3. The van der Waals surface area contributed by atoms with Crippen LogP contribution in [0.3, 0.4) is 0 Å². The number of hydrogen-bond donors (Lipinski definition) is 0. The van der Waals surface area contributed by atoms with Crippen LogP contribution in [0.15, 0.2) is 35.1 Å². The lowest BCUT2D eigenvalue weighted by atomic mass is 9.99. The molecule has 0 aliphatic carbocycles. The van der Waals surface area contributed by atoms with Crippen LogP contribution in [-0.2, 0) is 0 Å². The van der Waals surface area contributed by atoms with Crippen LogP contribution in [0.2, 0.25) is 0 Å². The molecule has 1 amide bonds. The third kappa shape index (κ3) is 4.79. The maximum absolute atomic E-state index is 13.4. The summed E-state index contributed by atoms with van der Waals surface area (Å²) in [4.78, 5) is 30.1. The summed E-state index contributed by atoms with van der Waals surface area (Å²) < 4.78 is 20.3. The maximum Gasteiger partial charge on any atom is 0.278 e. The minimum absolute atomic E-state index is 0.135. The SMILES string of the molecule is CCOc1cc(=O)c(C(=O)N2CCC(N3CCCCC3)CC2)nn1-c1ccc(F)cc1. The first kappa shape index (κ1) is 21.5. The van der Waals surface area contributed by atoms with Crippen molar-refractivity contribution in [3.63, 3.8) is 0 Å². The van der Waals surface area contributed by atoms with E-state index in [-0.39, 0.29) is 23.3 Å². The van der Waals surface area contributed by atoms with E-state index in [1.54, 1.807) is 11.8 Å². The molecule has 0 bridgehead atoms. The zero-order valence-electron chi connectivity index (χ0n) is 17.9. The lowest BCUT2D eigenvalue weighted by Crippen LogP contribution is -2.49. The van der Waals surface area contributed by atoms with Crippen LogP contribution in [0.4, 0.5) is 4.39 Å². The first-order chi connectivity index (χ1) is 15.1. The predicted molar refractivity (Wildman–Crippen MR) is 115 cm³/mol. The molecule has 2 saturated heterocycles. The van der Waals surface area contributed by atoms with Gasteiger partial charge in [-0.2, -0.15) is 5.10 Å². The van der Waals surface area contributed by atoms with Crippen LogP contribution < -0.4 is 10.2 Å². The molecule has 0 unspecified atom stereocenters. The van der Waals surface area contributed by atoms with E-state index in [0.29, 0.717) is 31.4 Å². The molecule has 2 aromatic rings. The molecular weight excluding hydrogens is 399 g/mol. The fraction of sp³-hybridized carbons (Fsp3) is 0.522. The van der Waals surface area contributed by atoms with Crippen LogP contribution in [-0.4, -0.2) is 64.3 Å². The van der Waals surface area contributed by atoms with E-state index >= 15 is 0 Å². The molecule has 31 heavy (non-hydrogen) atoms. The Morgan fingerprint density at radius 1 is 1.10 bits per heavy atom. The van der Waals surface area contributed by atoms with E-state index in [9.17, 15) is 14.0 Å². The molecule has 0 radical (unpaired) electrons. The molecule has 166 valence electrons. The Balaban J connectivity index is 1.54. The Hall–Kier alpha value is -2.74. The molecule has 0 atom stereocenters. The van der Waals surface area contributed by atoms with Gasteiger partial charge in [0.1, 0.15) is 5.82 Å². The highest BCUT2D eigenvalue weighted by Gasteiger charge is 2.30. The summed E-state index contributed by atoms with van der Waals surface area (Å²) in [6, 6.07) is 7.47. The molecule has 2 aliphatic heterocycles. The normalized spacial score (nSPS) is 18.2. The summed E-state index contributed by atoms with van der Waals surface area (Å²) in [5, 5.41) is 4.33. The Morgan fingerprint density at radius 2 is 1.77 bits per heavy atom. The maximum atomic E-state index is 13.4. The van der Waals surface area contributed by atoms with E-state index in [0.717, 1.165) is 25.9 Å². The zero-order chi connectivity index (χ0) is 21.8. The fourth-order valence-electron chi connectivity index (χ4n) is 4.47. The molecule has 0 saturated carbocycles. The first-order valence-corrected chi connectivity index (χ1v) is 11.1. The number of rotatable bonds is 5. The molecule has 0 spiro atoms. The van der Waals surface area contributed by atoms with Crippen molar-refractivity contribution in [2.75, 3.05) is 32.8 Å². The highest BCUT2D eigenvalue weighted by molar-refractivity contribution is 5.92. The smallest absolute Gasteiger partial charge is 0.278 e. The Labute approximate surface area is 181 Å². The number of hydrogen-bond acceptors (Lipinski definition) is 5. The number of piperidine rings is 2. The molecular formula is C23H29FN4O3. The van der Waals surface area contributed by atoms with Crippen molar-refractivity contribution in [2.45, 2.75) is 45.1 Å². The first-order valence-electron chi connectivity index (χ1n) is 11.1. The van der Waals surface area contributed by atoms with Crippen LogP contribution in [0.25, 0.3) is 5.69 Å². The van der Waals surface area contributed by atoms with Gasteiger partial charge in [0, 0.05) is 19.1 Å². The summed E-state index contributed by atoms with van der Waals surface area (Å²) in [6.07, 6.45) is 5.62. The Bertz CT molecular complexity index is 962. The highest BCUT2D eigenvalue weighted by atomic mass is 19.1. The minimum Gasteiger partial charge on any atom is -0.478 e. The molecule has 1 aromatic heterocycles. The molecule has 8 heteroatoms. The lowest BCUT2D eigenvalue weighted by molar-refractivity contribution is 0.0581. The largest absolute Gasteiger partial charge is 0.478 e. The Kier molecular flexibility index (Phi) is 6.65. The summed E-state index contributed by atoms with van der Waals surface area (Å²) in [5.74, 6) is -0.517. The number of aromatic nitrogens is 2. The molecule has 7 nitrogen and oxygen atoms in total. The number of carbonyl (C=O) groups excluding carboxylic acids is 1. The van der Waals surface area contributed by atoms with Crippen LogP contribution in [0.5, 0.6) is 5.88 Å². The van der Waals surface area contributed by atoms with E-state index in [2.05, 4.69) is 10.00 Å². The van der Waals surface area contributed by atoms with Crippen molar-refractivity contribution in [1.29, 1.82) is 0 Å². The van der Waals surface area contributed by atoms with Gasteiger partial charge in [-0.15, -0.1) is 0 Å². The van der Waals surface area contributed by atoms with Crippen molar-refractivity contribution in [3.05, 3.63) is 52.1 Å². The monoisotopic (exact) mass is 428 g/mol. The molecule has 2 aliphatic rings. The third-order valence-electron chi connectivity index (χ3n) is 6.12. The molecule has 3 heterocycles. The van der Waals surface area contributed by atoms with Crippen molar-refractivity contribution in [1.82, 2.24) is 19.6 Å². The molecule has 4 rings (SSSR count). The summed E-state index contributed by atoms with van der Waals surface area (Å²) >= 11 is 0. The summed E-state index contributed by atoms with van der Waals surface area (Å²) in [5.41, 5.74) is -0.0862. The van der Waals surface area contributed by atoms with Gasteiger partial charge >= 0.3 is 0 Å². The topological polar surface area (TPSA) is 67.7 Å². The second-order valence-electron chi connectivity index (χ2n) is 8.14. The van der Waals surface area contributed by atoms with Gasteiger partial charge in [0.25, 0.3) is 5.91 Å². The van der Waals surface area contributed by atoms with E-state index in [1.807, 2.05) is 0 Å². The highest BCUT2D eigenvalue weighted by Crippen LogP contribution is 2.22. The molecule has 0 N–H and O–H groups in total. The number of nitrogens with zero attached hydrogens (tertiary/aromatic N) is 4. The number of ether oxygens (including phenoxy) is 1. The van der Waals surface area contributed by atoms with E-state index in [1.165, 1.54) is 54.3 Å². The van der Waals surface area contributed by atoms with E-state index < -0.39 is 5.43 Å². The van der Waals surface area contributed by atoms with Gasteiger partial charge in [-0.1, -0.05) is 6.42 Å². The molecule has 1 aromatic carbocycles. The number of amides is 1. The molecule has 2 fully saturated rings. The lowest BCUT2D eigenvalue weighted by Gasteiger charge is -2.40.